The van der Waals surface area contributed by atoms with Gasteiger partial charge in [0, 0.05) is 24.0 Å². The molecule has 1 saturated heterocycles. The second kappa shape index (κ2) is 4.79. The number of ether oxygens (including phenoxy) is 1. The summed E-state index contributed by atoms with van der Waals surface area (Å²) < 4.78 is 5.09. The van der Waals surface area contributed by atoms with E-state index in [4.69, 9.17) is 4.74 Å². The third kappa shape index (κ3) is 2.22. The molecule has 5 heteroatoms. The highest BCUT2D eigenvalue weighted by Crippen LogP contribution is 2.26. The summed E-state index contributed by atoms with van der Waals surface area (Å²) in [4.78, 5) is 10.6. The van der Waals surface area contributed by atoms with Crippen molar-refractivity contribution in [1.82, 2.24) is 9.97 Å². The molecule has 1 aromatic rings. The lowest BCUT2D eigenvalue weighted by Gasteiger charge is -2.23. The van der Waals surface area contributed by atoms with E-state index in [-0.39, 0.29) is 0 Å². The van der Waals surface area contributed by atoms with E-state index in [9.17, 15) is 0 Å². The van der Waals surface area contributed by atoms with Crippen LogP contribution in [0, 0.1) is 0 Å². The summed E-state index contributed by atoms with van der Waals surface area (Å²) in [6.45, 7) is 1.07. The fourth-order valence-electron chi connectivity index (χ4n) is 1.90. The van der Waals surface area contributed by atoms with Gasteiger partial charge in [0.2, 0.25) is 5.88 Å². The zero-order valence-corrected chi connectivity index (χ0v) is 10.3. The van der Waals surface area contributed by atoms with Gasteiger partial charge in [-0.15, -0.1) is 0 Å². The second-order valence-corrected chi connectivity index (χ2v) is 4.21. The Morgan fingerprint density at radius 1 is 1.60 bits per heavy atom. The highest BCUT2D eigenvalue weighted by molar-refractivity contribution is 9.09. The first kappa shape index (κ1) is 10.7. The molecule has 1 unspecified atom stereocenters. The summed E-state index contributed by atoms with van der Waals surface area (Å²) >= 11 is 3.53. The Labute approximate surface area is 97.8 Å². The molecule has 2 heterocycles. The summed E-state index contributed by atoms with van der Waals surface area (Å²) in [6, 6.07) is 2.44. The molecule has 0 aliphatic carbocycles. The summed E-state index contributed by atoms with van der Waals surface area (Å²) in [5.74, 6) is 1.59. The molecule has 0 aromatic carbocycles. The lowest BCUT2D eigenvalue weighted by atomic mass is 10.2. The van der Waals surface area contributed by atoms with Crippen LogP contribution in [0.1, 0.15) is 12.8 Å². The molecule has 1 aliphatic rings. The van der Waals surface area contributed by atoms with Gasteiger partial charge in [-0.25, -0.2) is 9.97 Å². The SMILES string of the molecule is COc1cc(N2CCCC2CBr)ncn1. The third-order valence-corrected chi connectivity index (χ3v) is 3.43. The molecule has 0 N–H and O–H groups in total. The molecule has 1 fully saturated rings. The smallest absolute Gasteiger partial charge is 0.218 e. The van der Waals surface area contributed by atoms with Gasteiger partial charge in [-0.2, -0.15) is 0 Å². The maximum absolute atomic E-state index is 5.09. The van der Waals surface area contributed by atoms with Crippen LogP contribution in [0.5, 0.6) is 5.88 Å². The molecular formula is C10H14BrN3O. The Balaban J connectivity index is 2.20. The zero-order chi connectivity index (χ0) is 10.7. The lowest BCUT2D eigenvalue weighted by molar-refractivity contribution is 0.396. The summed E-state index contributed by atoms with van der Waals surface area (Å²) in [5.41, 5.74) is 0. The number of aromatic nitrogens is 2. The van der Waals surface area contributed by atoms with E-state index in [0.717, 1.165) is 17.7 Å². The van der Waals surface area contributed by atoms with Crippen LogP contribution in [0.3, 0.4) is 0 Å². The van der Waals surface area contributed by atoms with Gasteiger partial charge in [0.25, 0.3) is 0 Å². The van der Waals surface area contributed by atoms with Crippen molar-refractivity contribution < 1.29 is 4.74 Å². The number of hydrogen-bond acceptors (Lipinski definition) is 4. The standard InChI is InChI=1S/C10H14BrN3O/c1-15-10-5-9(12-7-13-10)14-4-2-3-8(14)6-11/h5,7-8H,2-4,6H2,1H3. The third-order valence-electron chi connectivity index (χ3n) is 2.69. The number of anilines is 1. The predicted molar refractivity (Wildman–Crippen MR) is 62.7 cm³/mol. The van der Waals surface area contributed by atoms with Gasteiger partial charge >= 0.3 is 0 Å². The molecular weight excluding hydrogens is 258 g/mol. The van der Waals surface area contributed by atoms with Crippen LogP contribution < -0.4 is 9.64 Å². The Bertz CT molecular complexity index is 334. The van der Waals surface area contributed by atoms with Crippen molar-refractivity contribution >= 4 is 21.7 Å². The zero-order valence-electron chi connectivity index (χ0n) is 8.69. The maximum atomic E-state index is 5.09. The predicted octanol–water partition coefficient (Wildman–Crippen LogP) is 1.85. The van der Waals surface area contributed by atoms with E-state index >= 15 is 0 Å². The van der Waals surface area contributed by atoms with Crippen molar-refractivity contribution in [3.63, 3.8) is 0 Å². The lowest BCUT2D eigenvalue weighted by Crippen LogP contribution is -2.31. The summed E-state index contributed by atoms with van der Waals surface area (Å²) in [6.07, 6.45) is 4.00. The molecule has 4 nitrogen and oxygen atoms in total. The van der Waals surface area contributed by atoms with Crippen LogP contribution >= 0.6 is 15.9 Å². The largest absolute Gasteiger partial charge is 0.481 e. The van der Waals surface area contributed by atoms with Crippen LogP contribution in [0.2, 0.25) is 0 Å². The van der Waals surface area contributed by atoms with Gasteiger partial charge in [-0.3, -0.25) is 0 Å². The van der Waals surface area contributed by atoms with Crippen LogP contribution in [0.15, 0.2) is 12.4 Å². The van der Waals surface area contributed by atoms with Crippen molar-refractivity contribution in [2.24, 2.45) is 0 Å². The molecule has 0 spiro atoms. The second-order valence-electron chi connectivity index (χ2n) is 3.56. The van der Waals surface area contributed by atoms with Crippen LogP contribution in [0.4, 0.5) is 5.82 Å². The number of hydrogen-bond donors (Lipinski definition) is 0. The molecule has 0 radical (unpaired) electrons. The normalized spacial score (nSPS) is 20.7. The van der Waals surface area contributed by atoms with Crippen LogP contribution in [-0.4, -0.2) is 35.0 Å². The van der Waals surface area contributed by atoms with Gasteiger partial charge in [0.15, 0.2) is 0 Å². The fraction of sp³-hybridized carbons (Fsp3) is 0.600. The number of methoxy groups -OCH3 is 1. The average molecular weight is 272 g/mol. The van der Waals surface area contributed by atoms with Gasteiger partial charge in [-0.05, 0) is 12.8 Å². The molecule has 1 aromatic heterocycles. The number of nitrogens with zero attached hydrogens (tertiary/aromatic N) is 3. The van der Waals surface area contributed by atoms with Crippen LogP contribution in [0.25, 0.3) is 0 Å². The molecule has 1 aliphatic heterocycles. The van der Waals surface area contributed by atoms with Crippen molar-refractivity contribution in [2.45, 2.75) is 18.9 Å². The first-order valence-corrected chi connectivity index (χ1v) is 6.16. The molecule has 0 bridgehead atoms. The van der Waals surface area contributed by atoms with Gasteiger partial charge < -0.3 is 9.64 Å². The minimum absolute atomic E-state index is 0.546. The average Bonchev–Trinajstić information content (AvgIpc) is 2.77. The monoisotopic (exact) mass is 271 g/mol. The minimum atomic E-state index is 0.546. The summed E-state index contributed by atoms with van der Waals surface area (Å²) in [5, 5.41) is 0.985. The highest BCUT2D eigenvalue weighted by Gasteiger charge is 2.24. The first-order valence-electron chi connectivity index (χ1n) is 5.04. The first-order chi connectivity index (χ1) is 7.35. The van der Waals surface area contributed by atoms with Crippen molar-refractivity contribution in [3.05, 3.63) is 12.4 Å². The van der Waals surface area contributed by atoms with Crippen molar-refractivity contribution in [2.75, 3.05) is 23.9 Å². The molecule has 0 amide bonds. The molecule has 15 heavy (non-hydrogen) atoms. The van der Waals surface area contributed by atoms with E-state index in [1.807, 2.05) is 6.07 Å². The molecule has 0 saturated carbocycles. The number of halogens is 1. The Hall–Kier alpha value is -0.840. The molecule has 2 rings (SSSR count). The van der Waals surface area contributed by atoms with E-state index in [1.165, 1.54) is 12.8 Å². The molecule has 82 valence electrons. The summed E-state index contributed by atoms with van der Waals surface area (Å²) in [7, 11) is 1.62. The fourth-order valence-corrected chi connectivity index (χ4v) is 2.57. The van der Waals surface area contributed by atoms with E-state index < -0.39 is 0 Å². The Morgan fingerprint density at radius 3 is 3.20 bits per heavy atom. The van der Waals surface area contributed by atoms with Crippen molar-refractivity contribution in [1.29, 1.82) is 0 Å². The Kier molecular flexibility index (Phi) is 3.41. The Morgan fingerprint density at radius 2 is 2.47 bits per heavy atom. The van der Waals surface area contributed by atoms with Gasteiger partial charge in [0.05, 0.1) is 7.11 Å². The quantitative estimate of drug-likeness (QED) is 0.787. The van der Waals surface area contributed by atoms with Gasteiger partial charge in [0.1, 0.15) is 12.1 Å². The number of rotatable bonds is 3. The van der Waals surface area contributed by atoms with E-state index in [1.54, 1.807) is 13.4 Å². The maximum Gasteiger partial charge on any atom is 0.218 e. The van der Waals surface area contributed by atoms with Crippen molar-refractivity contribution in [3.8, 4) is 5.88 Å². The molecule has 1 atom stereocenters. The van der Waals surface area contributed by atoms with Crippen LogP contribution in [-0.2, 0) is 0 Å². The highest BCUT2D eigenvalue weighted by atomic mass is 79.9. The van der Waals surface area contributed by atoms with E-state index in [2.05, 4.69) is 30.8 Å². The topological polar surface area (TPSA) is 38.2 Å². The minimum Gasteiger partial charge on any atom is -0.481 e. The van der Waals surface area contributed by atoms with Gasteiger partial charge in [-0.1, -0.05) is 15.9 Å². The van der Waals surface area contributed by atoms with E-state index in [0.29, 0.717) is 11.9 Å². The number of alkyl halides is 1.